The second kappa shape index (κ2) is 6.10. The molecule has 0 aliphatic rings. The number of aromatic nitrogens is 1. The van der Waals surface area contributed by atoms with Crippen molar-refractivity contribution in [3.05, 3.63) is 42.1 Å². The predicted molar refractivity (Wildman–Crippen MR) is 75.8 cm³/mol. The van der Waals surface area contributed by atoms with Crippen LogP contribution in [0.25, 0.3) is 10.9 Å². The fraction of sp³-hybridized carbons (Fsp3) is 0.400. The summed E-state index contributed by atoms with van der Waals surface area (Å²) in [6.07, 6.45) is 2.45. The van der Waals surface area contributed by atoms with E-state index in [0.29, 0.717) is 13.0 Å². The number of nitrogens with one attached hydrogen (secondary N) is 1. The summed E-state index contributed by atoms with van der Waals surface area (Å²) in [6, 6.07) is 9.92. The van der Waals surface area contributed by atoms with E-state index in [0.717, 1.165) is 16.5 Å². The van der Waals surface area contributed by atoms with Crippen LogP contribution in [0, 0.1) is 0 Å². The van der Waals surface area contributed by atoms with E-state index in [1.165, 1.54) is 0 Å². The average molecular weight is 260 g/mol. The highest BCUT2D eigenvalue weighted by Gasteiger charge is 2.25. The van der Waals surface area contributed by atoms with Gasteiger partial charge in [0, 0.05) is 18.1 Å². The Morgan fingerprint density at radius 3 is 2.58 bits per heavy atom. The number of aliphatic hydroxyl groups excluding tert-OH is 2. The Morgan fingerprint density at radius 1 is 1.16 bits per heavy atom. The lowest BCUT2D eigenvalue weighted by molar-refractivity contribution is 0.0865. The molecule has 0 spiro atoms. The van der Waals surface area contributed by atoms with E-state index in [1.807, 2.05) is 37.3 Å². The number of fused-ring (bicyclic) bond motifs is 1. The van der Waals surface area contributed by atoms with E-state index in [2.05, 4.69) is 10.3 Å². The Bertz CT molecular complexity index is 525. The van der Waals surface area contributed by atoms with E-state index < -0.39 is 5.54 Å². The van der Waals surface area contributed by atoms with Gasteiger partial charge in [0.05, 0.1) is 24.3 Å². The van der Waals surface area contributed by atoms with Crippen LogP contribution in [-0.2, 0) is 6.54 Å². The molecule has 1 aromatic heterocycles. The highest BCUT2D eigenvalue weighted by atomic mass is 16.3. The zero-order valence-electron chi connectivity index (χ0n) is 11.1. The van der Waals surface area contributed by atoms with Crippen molar-refractivity contribution in [2.75, 3.05) is 13.2 Å². The molecule has 3 N–H and O–H groups in total. The SMILES string of the molecule is CCC(CO)(CO)NCc1ccnc2ccccc12. The summed E-state index contributed by atoms with van der Waals surface area (Å²) >= 11 is 0. The Hall–Kier alpha value is -1.49. The molecule has 0 radical (unpaired) electrons. The maximum absolute atomic E-state index is 9.43. The quantitative estimate of drug-likeness (QED) is 0.735. The van der Waals surface area contributed by atoms with Gasteiger partial charge in [0.25, 0.3) is 0 Å². The first-order valence-corrected chi connectivity index (χ1v) is 6.54. The van der Waals surface area contributed by atoms with Crippen LogP contribution in [0.3, 0.4) is 0 Å². The molecule has 1 aromatic carbocycles. The van der Waals surface area contributed by atoms with Gasteiger partial charge in [0.15, 0.2) is 0 Å². The van der Waals surface area contributed by atoms with Crippen molar-refractivity contribution in [2.45, 2.75) is 25.4 Å². The van der Waals surface area contributed by atoms with Crippen LogP contribution in [0.15, 0.2) is 36.5 Å². The molecule has 19 heavy (non-hydrogen) atoms. The van der Waals surface area contributed by atoms with Crippen LogP contribution in [-0.4, -0.2) is 33.9 Å². The van der Waals surface area contributed by atoms with Crippen molar-refractivity contribution in [1.82, 2.24) is 10.3 Å². The molecule has 0 saturated heterocycles. The van der Waals surface area contributed by atoms with Gasteiger partial charge < -0.3 is 15.5 Å². The van der Waals surface area contributed by atoms with Crippen LogP contribution >= 0.6 is 0 Å². The number of nitrogens with zero attached hydrogens (tertiary/aromatic N) is 1. The maximum Gasteiger partial charge on any atom is 0.0705 e. The molecule has 2 aromatic rings. The van der Waals surface area contributed by atoms with Crippen LogP contribution in [0.2, 0.25) is 0 Å². The molecule has 0 bridgehead atoms. The van der Waals surface area contributed by atoms with Crippen LogP contribution in [0.1, 0.15) is 18.9 Å². The minimum Gasteiger partial charge on any atom is -0.394 e. The van der Waals surface area contributed by atoms with Crippen molar-refractivity contribution in [3.8, 4) is 0 Å². The molecule has 1 heterocycles. The normalized spacial score (nSPS) is 11.9. The van der Waals surface area contributed by atoms with Gasteiger partial charge >= 0.3 is 0 Å². The van der Waals surface area contributed by atoms with Crippen LogP contribution < -0.4 is 5.32 Å². The minimum absolute atomic E-state index is 0.0803. The van der Waals surface area contributed by atoms with Gasteiger partial charge in [-0.2, -0.15) is 0 Å². The molecule has 0 fully saturated rings. The number of aliphatic hydroxyl groups is 2. The number of hydrogen-bond acceptors (Lipinski definition) is 4. The summed E-state index contributed by atoms with van der Waals surface area (Å²) in [4.78, 5) is 4.32. The minimum atomic E-state index is -0.621. The van der Waals surface area contributed by atoms with Crippen LogP contribution in [0.4, 0.5) is 0 Å². The van der Waals surface area contributed by atoms with Gasteiger partial charge in [0.2, 0.25) is 0 Å². The molecule has 0 amide bonds. The van der Waals surface area contributed by atoms with Crippen molar-refractivity contribution >= 4 is 10.9 Å². The zero-order valence-corrected chi connectivity index (χ0v) is 11.1. The van der Waals surface area contributed by atoms with E-state index in [-0.39, 0.29) is 13.2 Å². The van der Waals surface area contributed by atoms with Gasteiger partial charge in [0.1, 0.15) is 0 Å². The lowest BCUT2D eigenvalue weighted by Gasteiger charge is -2.30. The van der Waals surface area contributed by atoms with Gasteiger partial charge in [-0.15, -0.1) is 0 Å². The topological polar surface area (TPSA) is 65.4 Å². The molecule has 2 rings (SSSR count). The van der Waals surface area contributed by atoms with E-state index in [9.17, 15) is 10.2 Å². The van der Waals surface area contributed by atoms with Crippen molar-refractivity contribution < 1.29 is 10.2 Å². The van der Waals surface area contributed by atoms with Crippen LogP contribution in [0.5, 0.6) is 0 Å². The van der Waals surface area contributed by atoms with Gasteiger partial charge in [-0.3, -0.25) is 4.98 Å². The lowest BCUT2D eigenvalue weighted by atomic mass is 9.97. The largest absolute Gasteiger partial charge is 0.394 e. The molecule has 0 atom stereocenters. The monoisotopic (exact) mass is 260 g/mol. The Morgan fingerprint density at radius 2 is 1.89 bits per heavy atom. The lowest BCUT2D eigenvalue weighted by Crippen LogP contribution is -2.50. The molecule has 0 aliphatic carbocycles. The molecular formula is C15H20N2O2. The van der Waals surface area contributed by atoms with E-state index >= 15 is 0 Å². The van der Waals surface area contributed by atoms with Gasteiger partial charge in [-0.25, -0.2) is 0 Å². The summed E-state index contributed by atoms with van der Waals surface area (Å²) < 4.78 is 0. The van der Waals surface area contributed by atoms with Crippen molar-refractivity contribution in [2.24, 2.45) is 0 Å². The zero-order chi connectivity index (χ0) is 13.7. The maximum atomic E-state index is 9.43. The molecule has 102 valence electrons. The first-order chi connectivity index (χ1) is 9.24. The van der Waals surface area contributed by atoms with Crippen molar-refractivity contribution in [1.29, 1.82) is 0 Å². The Kier molecular flexibility index (Phi) is 4.47. The third-order valence-corrected chi connectivity index (χ3v) is 3.68. The second-order valence-electron chi connectivity index (χ2n) is 4.79. The molecule has 0 saturated carbocycles. The average Bonchev–Trinajstić information content (AvgIpc) is 2.49. The summed E-state index contributed by atoms with van der Waals surface area (Å²) in [7, 11) is 0. The molecule has 0 aliphatic heterocycles. The van der Waals surface area contributed by atoms with E-state index in [4.69, 9.17) is 0 Å². The molecule has 4 heteroatoms. The number of benzene rings is 1. The smallest absolute Gasteiger partial charge is 0.0705 e. The fourth-order valence-electron chi connectivity index (χ4n) is 2.10. The number of hydrogen-bond donors (Lipinski definition) is 3. The summed E-state index contributed by atoms with van der Waals surface area (Å²) in [6.45, 7) is 2.38. The number of para-hydroxylation sites is 1. The third kappa shape index (κ3) is 2.92. The van der Waals surface area contributed by atoms with Gasteiger partial charge in [-0.1, -0.05) is 25.1 Å². The summed E-state index contributed by atoms with van der Waals surface area (Å²) in [5, 5.41) is 23.2. The summed E-state index contributed by atoms with van der Waals surface area (Å²) in [5.41, 5.74) is 1.45. The first kappa shape index (κ1) is 13.9. The van der Waals surface area contributed by atoms with E-state index in [1.54, 1.807) is 6.20 Å². The Labute approximate surface area is 113 Å². The second-order valence-corrected chi connectivity index (χ2v) is 4.79. The van der Waals surface area contributed by atoms with Gasteiger partial charge in [-0.05, 0) is 24.1 Å². The Balaban J connectivity index is 2.22. The molecular weight excluding hydrogens is 240 g/mol. The third-order valence-electron chi connectivity index (χ3n) is 3.68. The standard InChI is InChI=1S/C15H20N2O2/c1-2-15(10-18,11-19)17-9-12-7-8-16-14-6-4-3-5-13(12)14/h3-8,17-19H,2,9-11H2,1H3. The predicted octanol–water partition coefficient (Wildman–Crippen LogP) is 1.46. The molecule has 4 nitrogen and oxygen atoms in total. The fourth-order valence-corrected chi connectivity index (χ4v) is 2.10. The number of pyridine rings is 1. The van der Waals surface area contributed by atoms with Crippen molar-refractivity contribution in [3.63, 3.8) is 0 Å². The first-order valence-electron chi connectivity index (χ1n) is 6.54. The highest BCUT2D eigenvalue weighted by molar-refractivity contribution is 5.81. The summed E-state index contributed by atoms with van der Waals surface area (Å²) in [5.74, 6) is 0. The molecule has 0 unspecified atom stereocenters. The highest BCUT2D eigenvalue weighted by Crippen LogP contribution is 2.17. The number of rotatable bonds is 6.